The Hall–Kier alpha value is -3.00. The maximum Gasteiger partial charge on any atom is 0.248 e. The predicted molar refractivity (Wildman–Crippen MR) is 104 cm³/mol. The van der Waals surface area contributed by atoms with E-state index in [1.807, 2.05) is 12.1 Å². The van der Waals surface area contributed by atoms with Crippen LogP contribution in [0.15, 0.2) is 47.4 Å². The molecule has 146 valence electrons. The van der Waals surface area contributed by atoms with Crippen LogP contribution in [0, 0.1) is 12.7 Å². The Bertz CT molecular complexity index is 1180. The van der Waals surface area contributed by atoms with Crippen LogP contribution in [-0.4, -0.2) is 30.4 Å². The molecule has 0 saturated heterocycles. The molecule has 0 saturated carbocycles. The van der Waals surface area contributed by atoms with E-state index in [1.165, 1.54) is 12.1 Å². The van der Waals surface area contributed by atoms with E-state index in [-0.39, 0.29) is 11.3 Å². The number of halogens is 1. The minimum absolute atomic E-state index is 0.0590. The summed E-state index contributed by atoms with van der Waals surface area (Å²) in [7, 11) is -1.72. The zero-order chi connectivity index (χ0) is 20.6. The third kappa shape index (κ3) is 4.12. The molecule has 6 nitrogen and oxygen atoms in total. The first-order valence-electron chi connectivity index (χ1n) is 8.48. The lowest BCUT2D eigenvalue weighted by atomic mass is 10.0. The Balaban J connectivity index is 1.95. The summed E-state index contributed by atoms with van der Waals surface area (Å²) in [4.78, 5) is 11.3. The molecule has 0 spiro atoms. The van der Waals surface area contributed by atoms with Crippen molar-refractivity contribution in [1.29, 1.82) is 0 Å². The lowest BCUT2D eigenvalue weighted by Crippen LogP contribution is -2.12. The average molecular weight is 401 g/mol. The molecule has 1 aromatic heterocycles. The van der Waals surface area contributed by atoms with Crippen LogP contribution < -0.4 is 5.73 Å². The Morgan fingerprint density at radius 1 is 1.18 bits per heavy atom. The third-order valence-corrected chi connectivity index (χ3v) is 5.55. The number of benzene rings is 2. The number of carbonyl (C=O) groups is 1. The van der Waals surface area contributed by atoms with E-state index in [0.29, 0.717) is 16.8 Å². The maximum atomic E-state index is 13.8. The molecular weight excluding hydrogens is 381 g/mol. The van der Waals surface area contributed by atoms with Crippen molar-refractivity contribution in [2.75, 3.05) is 6.26 Å². The number of hydrogen-bond acceptors (Lipinski definition) is 4. The highest BCUT2D eigenvalue weighted by molar-refractivity contribution is 7.90. The second-order valence-corrected chi connectivity index (χ2v) is 8.80. The van der Waals surface area contributed by atoms with Gasteiger partial charge in [0.15, 0.2) is 9.84 Å². The highest BCUT2D eigenvalue weighted by atomic mass is 32.2. The zero-order valence-electron chi connectivity index (χ0n) is 15.7. The first-order valence-corrected chi connectivity index (χ1v) is 10.4. The van der Waals surface area contributed by atoms with Gasteiger partial charge in [0.1, 0.15) is 5.82 Å². The molecule has 0 radical (unpaired) electrons. The summed E-state index contributed by atoms with van der Waals surface area (Å²) in [6.07, 6.45) is 1.33. The van der Waals surface area contributed by atoms with Gasteiger partial charge in [-0.15, -0.1) is 0 Å². The number of hydrogen-bond donors (Lipinski definition) is 1. The molecule has 0 aliphatic carbocycles. The number of aryl methyl sites for hydroxylation is 2. The Labute approximate surface area is 162 Å². The molecule has 0 atom stereocenters. The van der Waals surface area contributed by atoms with Gasteiger partial charge in [-0.05, 0) is 54.4 Å². The number of primary amides is 1. The third-order valence-electron chi connectivity index (χ3n) is 4.46. The fourth-order valence-corrected chi connectivity index (χ4v) is 3.82. The predicted octanol–water partition coefficient (Wildman–Crippen LogP) is 2.63. The van der Waals surface area contributed by atoms with Crippen molar-refractivity contribution in [2.45, 2.75) is 18.2 Å². The van der Waals surface area contributed by atoms with Crippen LogP contribution in [0.25, 0.3) is 11.3 Å². The first-order chi connectivity index (χ1) is 13.0. The monoisotopic (exact) mass is 401 g/mol. The maximum absolute atomic E-state index is 13.8. The highest BCUT2D eigenvalue weighted by Gasteiger charge is 2.14. The largest absolute Gasteiger partial charge is 0.366 e. The number of nitrogens with zero attached hydrogens (tertiary/aromatic N) is 2. The topological polar surface area (TPSA) is 95.1 Å². The zero-order valence-corrected chi connectivity index (χ0v) is 16.5. The van der Waals surface area contributed by atoms with E-state index >= 15 is 0 Å². The van der Waals surface area contributed by atoms with Gasteiger partial charge in [-0.25, -0.2) is 12.8 Å². The molecule has 1 amide bonds. The number of aromatic nitrogens is 2. The summed E-state index contributed by atoms with van der Waals surface area (Å²) in [6.45, 7) is 1.81. The number of carbonyl (C=O) groups excluding carboxylic acids is 1. The lowest BCUT2D eigenvalue weighted by Gasteiger charge is -2.06. The van der Waals surface area contributed by atoms with Gasteiger partial charge in [-0.3, -0.25) is 9.48 Å². The molecule has 0 unspecified atom stereocenters. The molecule has 1 heterocycles. The van der Waals surface area contributed by atoms with E-state index in [4.69, 9.17) is 5.73 Å². The Kier molecular flexibility index (Phi) is 5.08. The molecule has 0 bridgehead atoms. The fraction of sp³-hybridized carbons (Fsp3) is 0.200. The van der Waals surface area contributed by atoms with Crippen molar-refractivity contribution in [3.8, 4) is 11.3 Å². The second kappa shape index (κ2) is 7.20. The van der Waals surface area contributed by atoms with Crippen molar-refractivity contribution >= 4 is 15.7 Å². The summed E-state index contributed by atoms with van der Waals surface area (Å²) in [5.74, 6) is -1.09. The van der Waals surface area contributed by atoms with E-state index in [2.05, 4.69) is 5.10 Å². The van der Waals surface area contributed by atoms with Crippen LogP contribution in [0.2, 0.25) is 0 Å². The molecule has 0 aliphatic heterocycles. The molecule has 28 heavy (non-hydrogen) atoms. The van der Waals surface area contributed by atoms with Crippen molar-refractivity contribution in [2.24, 2.45) is 12.8 Å². The van der Waals surface area contributed by atoms with Gasteiger partial charge in [0.2, 0.25) is 5.91 Å². The molecule has 2 N–H and O–H groups in total. The van der Waals surface area contributed by atoms with Crippen molar-refractivity contribution < 1.29 is 17.6 Å². The van der Waals surface area contributed by atoms with Gasteiger partial charge in [-0.1, -0.05) is 6.07 Å². The fourth-order valence-electron chi connectivity index (χ4n) is 3.13. The summed E-state index contributed by atoms with van der Waals surface area (Å²) in [6, 6.07) is 10.9. The van der Waals surface area contributed by atoms with E-state index in [1.54, 1.807) is 30.8 Å². The average Bonchev–Trinajstić information content (AvgIpc) is 2.93. The lowest BCUT2D eigenvalue weighted by molar-refractivity contribution is 0.0999. The molecule has 3 aromatic rings. The highest BCUT2D eigenvalue weighted by Crippen LogP contribution is 2.24. The van der Waals surface area contributed by atoms with Crippen LogP contribution in [0.3, 0.4) is 0 Å². The number of nitrogens with two attached hydrogens (primary N) is 1. The standard InChI is InChI=1S/C20H20FN3O3S/c1-12-6-14(4-5-18(12)20(22)25)19-11-16(23-24(19)2)8-13-7-15(21)10-17(9-13)28(3,26)27/h4-7,9-11H,8H2,1-3H3,(H2,22,25). The van der Waals surface area contributed by atoms with Gasteiger partial charge in [0.25, 0.3) is 0 Å². The van der Waals surface area contributed by atoms with E-state index in [0.717, 1.165) is 29.1 Å². The summed E-state index contributed by atoms with van der Waals surface area (Å²) < 4.78 is 39.0. The molecular formula is C20H20FN3O3S. The number of amides is 1. The van der Waals surface area contributed by atoms with Crippen LogP contribution >= 0.6 is 0 Å². The molecule has 8 heteroatoms. The summed E-state index contributed by atoms with van der Waals surface area (Å²) in [5.41, 5.74) is 9.43. The SMILES string of the molecule is Cc1cc(-c2cc(Cc3cc(F)cc(S(C)(=O)=O)c3)nn2C)ccc1C(N)=O. The smallest absolute Gasteiger partial charge is 0.248 e. The first kappa shape index (κ1) is 19.8. The van der Waals surface area contributed by atoms with Crippen LogP contribution in [0.5, 0.6) is 0 Å². The minimum atomic E-state index is -3.51. The number of rotatable bonds is 5. The summed E-state index contributed by atoms with van der Waals surface area (Å²) >= 11 is 0. The molecule has 0 aliphatic rings. The van der Waals surface area contributed by atoms with Crippen molar-refractivity contribution in [3.63, 3.8) is 0 Å². The summed E-state index contributed by atoms with van der Waals surface area (Å²) in [5, 5.41) is 4.44. The van der Waals surface area contributed by atoms with Gasteiger partial charge in [0, 0.05) is 30.9 Å². The quantitative estimate of drug-likeness (QED) is 0.711. The van der Waals surface area contributed by atoms with E-state index < -0.39 is 21.6 Å². The van der Waals surface area contributed by atoms with Gasteiger partial charge in [0.05, 0.1) is 16.3 Å². The van der Waals surface area contributed by atoms with Gasteiger partial charge >= 0.3 is 0 Å². The van der Waals surface area contributed by atoms with Gasteiger partial charge in [-0.2, -0.15) is 5.10 Å². The molecule has 2 aromatic carbocycles. The Morgan fingerprint density at radius 2 is 1.89 bits per heavy atom. The normalized spacial score (nSPS) is 11.6. The molecule has 3 rings (SSSR count). The van der Waals surface area contributed by atoms with Crippen LogP contribution in [0.4, 0.5) is 4.39 Å². The van der Waals surface area contributed by atoms with Crippen molar-refractivity contribution in [3.05, 3.63) is 70.7 Å². The van der Waals surface area contributed by atoms with E-state index in [9.17, 15) is 17.6 Å². The number of sulfone groups is 1. The van der Waals surface area contributed by atoms with Gasteiger partial charge < -0.3 is 5.73 Å². The Morgan fingerprint density at radius 3 is 2.50 bits per heavy atom. The van der Waals surface area contributed by atoms with Crippen LogP contribution in [-0.2, 0) is 23.3 Å². The second-order valence-electron chi connectivity index (χ2n) is 6.78. The van der Waals surface area contributed by atoms with Crippen molar-refractivity contribution in [1.82, 2.24) is 9.78 Å². The van der Waals surface area contributed by atoms with Crippen LogP contribution in [0.1, 0.15) is 27.2 Å². The minimum Gasteiger partial charge on any atom is -0.366 e. The molecule has 0 fully saturated rings.